The SMILES string of the molecule is Cc1cnc(Nc2cc(C)n(C)n2)nc1-c1c[nH]c2c(NC(=O)CN3CC=C(c4ccncc4)CC3)cccc12. The summed E-state index contributed by atoms with van der Waals surface area (Å²) >= 11 is 0. The molecule has 0 saturated heterocycles. The first-order valence-corrected chi connectivity index (χ1v) is 13.3. The average Bonchev–Trinajstić information content (AvgIpc) is 3.53. The Bertz CT molecular complexity index is 1700. The van der Waals surface area contributed by atoms with Gasteiger partial charge in [0.25, 0.3) is 0 Å². The minimum atomic E-state index is -0.0419. The van der Waals surface area contributed by atoms with Crippen LogP contribution >= 0.6 is 0 Å². The Morgan fingerprint density at radius 2 is 2.00 bits per heavy atom. The first kappa shape index (κ1) is 25.4. The quantitative estimate of drug-likeness (QED) is 0.274. The molecular formula is C30H31N9O. The minimum Gasteiger partial charge on any atom is -0.359 e. The van der Waals surface area contributed by atoms with Crippen molar-refractivity contribution in [1.29, 1.82) is 0 Å². The Balaban J connectivity index is 1.17. The van der Waals surface area contributed by atoms with Crippen LogP contribution in [0.25, 0.3) is 27.7 Å². The molecule has 4 aromatic heterocycles. The maximum absolute atomic E-state index is 13.0. The summed E-state index contributed by atoms with van der Waals surface area (Å²) in [5.74, 6) is 1.12. The zero-order valence-corrected chi connectivity index (χ0v) is 22.8. The van der Waals surface area contributed by atoms with E-state index in [4.69, 9.17) is 4.98 Å². The third-order valence-electron chi connectivity index (χ3n) is 7.28. The number of rotatable bonds is 7. The number of hydrogen-bond donors (Lipinski definition) is 3. The van der Waals surface area contributed by atoms with Crippen molar-refractivity contribution >= 4 is 39.8 Å². The number of fused-ring (bicyclic) bond motifs is 1. The van der Waals surface area contributed by atoms with Crippen LogP contribution in [-0.2, 0) is 11.8 Å². The fourth-order valence-corrected chi connectivity index (χ4v) is 5.04. The van der Waals surface area contributed by atoms with Crippen LogP contribution in [0.4, 0.5) is 17.5 Å². The molecule has 10 heteroatoms. The normalized spacial score (nSPS) is 13.8. The Kier molecular flexibility index (Phi) is 6.83. The molecule has 0 aliphatic carbocycles. The molecule has 0 atom stereocenters. The molecule has 1 aromatic carbocycles. The third-order valence-corrected chi connectivity index (χ3v) is 7.28. The lowest BCUT2D eigenvalue weighted by Crippen LogP contribution is -2.36. The second kappa shape index (κ2) is 10.7. The molecule has 0 saturated carbocycles. The number of aryl methyl sites for hydroxylation is 3. The number of aromatic amines is 1. The number of para-hydroxylation sites is 1. The van der Waals surface area contributed by atoms with E-state index in [1.165, 1.54) is 11.1 Å². The Hall–Kier alpha value is -4.83. The highest BCUT2D eigenvalue weighted by Crippen LogP contribution is 2.33. The molecule has 0 bridgehead atoms. The van der Waals surface area contributed by atoms with Crippen LogP contribution in [0.5, 0.6) is 0 Å². The van der Waals surface area contributed by atoms with Crippen molar-refractivity contribution in [3.63, 3.8) is 0 Å². The molecule has 1 aliphatic heterocycles. The van der Waals surface area contributed by atoms with Gasteiger partial charge < -0.3 is 15.6 Å². The first-order chi connectivity index (χ1) is 19.4. The molecule has 3 N–H and O–H groups in total. The number of H-pyrrole nitrogens is 1. The lowest BCUT2D eigenvalue weighted by molar-refractivity contribution is -0.117. The molecule has 0 unspecified atom stereocenters. The zero-order chi connectivity index (χ0) is 27.6. The van der Waals surface area contributed by atoms with Gasteiger partial charge in [-0.1, -0.05) is 18.2 Å². The number of nitrogens with one attached hydrogen (secondary N) is 3. The summed E-state index contributed by atoms with van der Waals surface area (Å²) in [7, 11) is 1.90. The van der Waals surface area contributed by atoms with Gasteiger partial charge in [0.05, 0.1) is 23.4 Å². The summed E-state index contributed by atoms with van der Waals surface area (Å²) < 4.78 is 1.80. The Morgan fingerprint density at radius 1 is 1.15 bits per heavy atom. The van der Waals surface area contributed by atoms with Crippen LogP contribution in [0, 0.1) is 13.8 Å². The molecular weight excluding hydrogens is 502 g/mol. The summed E-state index contributed by atoms with van der Waals surface area (Å²) in [6.45, 7) is 5.88. The van der Waals surface area contributed by atoms with Crippen LogP contribution < -0.4 is 10.6 Å². The highest BCUT2D eigenvalue weighted by molar-refractivity contribution is 6.06. The number of pyridine rings is 1. The molecule has 40 heavy (non-hydrogen) atoms. The van der Waals surface area contributed by atoms with Gasteiger partial charge in [-0.15, -0.1) is 0 Å². The van der Waals surface area contributed by atoms with Crippen molar-refractivity contribution in [2.45, 2.75) is 20.3 Å². The number of carbonyl (C=O) groups is 1. The number of hydrogen-bond acceptors (Lipinski definition) is 7. The number of anilines is 3. The Morgan fingerprint density at radius 3 is 2.75 bits per heavy atom. The van der Waals surface area contributed by atoms with E-state index in [-0.39, 0.29) is 5.91 Å². The fourth-order valence-electron chi connectivity index (χ4n) is 5.04. The number of aromatic nitrogens is 6. The van der Waals surface area contributed by atoms with Crippen LogP contribution in [0.1, 0.15) is 23.2 Å². The van der Waals surface area contributed by atoms with Gasteiger partial charge in [0.1, 0.15) is 0 Å². The summed E-state index contributed by atoms with van der Waals surface area (Å²) in [6.07, 6.45) is 10.5. The maximum atomic E-state index is 13.0. The maximum Gasteiger partial charge on any atom is 0.238 e. The molecule has 10 nitrogen and oxygen atoms in total. The molecule has 0 fully saturated rings. The van der Waals surface area contributed by atoms with Crippen LogP contribution in [0.15, 0.2) is 67.3 Å². The van der Waals surface area contributed by atoms with Gasteiger partial charge in [-0.25, -0.2) is 9.97 Å². The monoisotopic (exact) mass is 533 g/mol. The summed E-state index contributed by atoms with van der Waals surface area (Å²) in [4.78, 5) is 31.9. The van der Waals surface area contributed by atoms with Gasteiger partial charge in [0, 0.05) is 67.6 Å². The summed E-state index contributed by atoms with van der Waals surface area (Å²) in [6, 6.07) is 11.9. The predicted octanol–water partition coefficient (Wildman–Crippen LogP) is 4.84. The standard InChI is InChI=1S/C30H31N9O/c1-19-16-33-30(35-26-15-20(2)38(3)37-26)36-28(19)24-17-32-29-23(24)5-4-6-25(29)34-27(40)18-39-13-9-22(10-14-39)21-7-11-31-12-8-21/h4-9,11-12,15-17,32H,10,13-14,18H2,1-3H3,(H,34,40)(H,33,35,36,37). The van der Waals surface area contributed by atoms with E-state index in [1.807, 2.05) is 75.9 Å². The molecule has 5 heterocycles. The fraction of sp³-hybridized carbons (Fsp3) is 0.233. The van der Waals surface area contributed by atoms with E-state index in [9.17, 15) is 4.79 Å². The van der Waals surface area contributed by atoms with E-state index < -0.39 is 0 Å². The van der Waals surface area contributed by atoms with Gasteiger partial charge >= 0.3 is 0 Å². The van der Waals surface area contributed by atoms with Crippen LogP contribution in [0.3, 0.4) is 0 Å². The number of carbonyl (C=O) groups excluding carboxylic acids is 1. The lowest BCUT2D eigenvalue weighted by Gasteiger charge is -2.25. The minimum absolute atomic E-state index is 0.0419. The second-order valence-corrected chi connectivity index (χ2v) is 10.1. The number of nitrogens with zero attached hydrogens (tertiary/aromatic N) is 6. The summed E-state index contributed by atoms with van der Waals surface area (Å²) in [5.41, 5.74) is 7.83. The van der Waals surface area contributed by atoms with E-state index in [0.29, 0.717) is 18.3 Å². The van der Waals surface area contributed by atoms with E-state index in [1.54, 1.807) is 10.9 Å². The van der Waals surface area contributed by atoms with Crippen molar-refractivity contribution in [2.24, 2.45) is 7.05 Å². The van der Waals surface area contributed by atoms with Crippen molar-refractivity contribution < 1.29 is 4.79 Å². The van der Waals surface area contributed by atoms with Gasteiger partial charge in [-0.05, 0) is 55.2 Å². The van der Waals surface area contributed by atoms with E-state index in [2.05, 4.69) is 41.7 Å². The lowest BCUT2D eigenvalue weighted by atomic mass is 10.0. The highest BCUT2D eigenvalue weighted by atomic mass is 16.2. The van der Waals surface area contributed by atoms with Gasteiger partial charge in [0.15, 0.2) is 5.82 Å². The molecule has 0 radical (unpaired) electrons. The van der Waals surface area contributed by atoms with E-state index in [0.717, 1.165) is 58.6 Å². The van der Waals surface area contributed by atoms with E-state index >= 15 is 0 Å². The van der Waals surface area contributed by atoms with Crippen molar-refractivity contribution in [3.8, 4) is 11.3 Å². The second-order valence-electron chi connectivity index (χ2n) is 10.1. The highest BCUT2D eigenvalue weighted by Gasteiger charge is 2.18. The number of benzene rings is 1. The largest absolute Gasteiger partial charge is 0.359 e. The van der Waals surface area contributed by atoms with Crippen LogP contribution in [0.2, 0.25) is 0 Å². The predicted molar refractivity (Wildman–Crippen MR) is 157 cm³/mol. The van der Waals surface area contributed by atoms with Gasteiger partial charge in [-0.3, -0.25) is 19.4 Å². The Labute approximate surface area is 232 Å². The third kappa shape index (κ3) is 5.21. The smallest absolute Gasteiger partial charge is 0.238 e. The van der Waals surface area contributed by atoms with Crippen molar-refractivity contribution in [3.05, 3.63) is 84.1 Å². The molecule has 0 spiro atoms. The van der Waals surface area contributed by atoms with Crippen LogP contribution in [-0.4, -0.2) is 60.2 Å². The first-order valence-electron chi connectivity index (χ1n) is 13.3. The molecule has 5 aromatic rings. The number of amides is 1. The van der Waals surface area contributed by atoms with Crippen molar-refractivity contribution in [1.82, 2.24) is 34.6 Å². The zero-order valence-electron chi connectivity index (χ0n) is 22.8. The van der Waals surface area contributed by atoms with Crippen molar-refractivity contribution in [2.75, 3.05) is 30.3 Å². The molecule has 1 amide bonds. The molecule has 202 valence electrons. The molecule has 6 rings (SSSR count). The average molecular weight is 534 g/mol. The van der Waals surface area contributed by atoms with Gasteiger partial charge in [0.2, 0.25) is 11.9 Å². The molecule has 1 aliphatic rings. The topological polar surface area (TPSA) is 117 Å². The van der Waals surface area contributed by atoms with Gasteiger partial charge in [-0.2, -0.15) is 5.10 Å². The summed E-state index contributed by atoms with van der Waals surface area (Å²) in [5, 5.41) is 11.7.